The number of anilines is 1. The van der Waals surface area contributed by atoms with E-state index in [9.17, 15) is 4.79 Å². The predicted octanol–water partition coefficient (Wildman–Crippen LogP) is 4.29. The predicted molar refractivity (Wildman–Crippen MR) is 106 cm³/mol. The first kappa shape index (κ1) is 18.9. The van der Waals surface area contributed by atoms with Crippen molar-refractivity contribution in [2.75, 3.05) is 5.73 Å². The lowest BCUT2D eigenvalue weighted by Gasteiger charge is -2.36. The lowest BCUT2D eigenvalue weighted by Crippen LogP contribution is -2.44. The van der Waals surface area contributed by atoms with E-state index >= 15 is 0 Å². The standard InChI is InChI=1S/C21H28N2O2S/c1-14(2)17-10-9-15(3)11-19(17)25-20(24)12-23-18(13-26-21(23)22)16-7-5-4-6-8-16/h4-8,13-15,17,19,22H,9-12H2,1-3H3/p+1/t15-,17+,19-/m1/s1. The summed E-state index contributed by atoms with van der Waals surface area (Å²) in [4.78, 5) is 12.7. The Labute approximate surface area is 160 Å². The normalized spacial score (nSPS) is 23.2. The summed E-state index contributed by atoms with van der Waals surface area (Å²) >= 11 is 1.45. The lowest BCUT2D eigenvalue weighted by molar-refractivity contribution is -0.656. The summed E-state index contributed by atoms with van der Waals surface area (Å²) in [6.45, 7) is 6.85. The molecule has 4 nitrogen and oxygen atoms in total. The highest BCUT2D eigenvalue weighted by Crippen LogP contribution is 2.35. The van der Waals surface area contributed by atoms with Crippen LogP contribution in [0.2, 0.25) is 0 Å². The van der Waals surface area contributed by atoms with Crippen LogP contribution in [-0.4, -0.2) is 12.1 Å². The average Bonchev–Trinajstić information content (AvgIpc) is 2.96. The summed E-state index contributed by atoms with van der Waals surface area (Å²) in [6.07, 6.45) is 3.34. The first-order valence-electron chi connectivity index (χ1n) is 9.47. The molecule has 0 unspecified atom stereocenters. The van der Waals surface area contributed by atoms with E-state index in [1.807, 2.05) is 40.3 Å². The minimum absolute atomic E-state index is 0.0203. The number of rotatable bonds is 5. The molecular formula is C21H29N2O2S+. The van der Waals surface area contributed by atoms with Crippen LogP contribution >= 0.6 is 11.3 Å². The summed E-state index contributed by atoms with van der Waals surface area (Å²) in [7, 11) is 0. The fourth-order valence-corrected chi connectivity index (χ4v) is 4.73. The molecule has 1 saturated carbocycles. The molecule has 1 aromatic heterocycles. The Morgan fingerprint density at radius 1 is 1.31 bits per heavy atom. The molecule has 140 valence electrons. The van der Waals surface area contributed by atoms with E-state index in [1.54, 1.807) is 0 Å². The average molecular weight is 374 g/mol. The molecule has 2 aromatic rings. The molecular weight excluding hydrogens is 344 g/mol. The first-order chi connectivity index (χ1) is 12.5. The number of hydrogen-bond acceptors (Lipinski definition) is 4. The number of benzene rings is 1. The SMILES string of the molecule is CC(C)[C@@H]1CC[C@@H](C)C[C@H]1OC(=O)C[n+]1c(-c2ccccc2)csc1N. The Hall–Kier alpha value is -1.88. The largest absolute Gasteiger partial charge is 0.459 e. The monoisotopic (exact) mass is 373 g/mol. The number of nitrogen functional groups attached to an aromatic ring is 1. The van der Waals surface area contributed by atoms with Gasteiger partial charge >= 0.3 is 11.1 Å². The highest BCUT2D eigenvalue weighted by atomic mass is 32.1. The summed E-state index contributed by atoms with van der Waals surface area (Å²) in [6, 6.07) is 10.0. The number of aromatic nitrogens is 1. The van der Waals surface area contributed by atoms with Gasteiger partial charge in [-0.15, -0.1) is 0 Å². The quantitative estimate of drug-likeness (QED) is 0.628. The van der Waals surface area contributed by atoms with Crippen LogP contribution in [0.3, 0.4) is 0 Å². The number of esters is 1. The number of carbonyl (C=O) groups excluding carboxylic acids is 1. The van der Waals surface area contributed by atoms with Crippen molar-refractivity contribution in [3.8, 4) is 11.3 Å². The van der Waals surface area contributed by atoms with Crippen LogP contribution in [0.4, 0.5) is 5.13 Å². The smallest absolute Gasteiger partial charge is 0.348 e. The topological polar surface area (TPSA) is 56.2 Å². The lowest BCUT2D eigenvalue weighted by atomic mass is 9.75. The molecule has 1 aromatic carbocycles. The third-order valence-electron chi connectivity index (χ3n) is 5.45. The second-order valence-corrected chi connectivity index (χ2v) is 8.66. The molecule has 5 heteroatoms. The Morgan fingerprint density at radius 2 is 2.04 bits per heavy atom. The zero-order chi connectivity index (χ0) is 18.7. The van der Waals surface area contributed by atoms with Crippen molar-refractivity contribution >= 4 is 22.4 Å². The summed E-state index contributed by atoms with van der Waals surface area (Å²) in [5, 5.41) is 2.62. The number of ether oxygens (including phenoxy) is 1. The molecule has 3 rings (SSSR count). The first-order valence-corrected chi connectivity index (χ1v) is 10.4. The summed E-state index contributed by atoms with van der Waals surface area (Å²) in [5.74, 6) is 1.40. The third-order valence-corrected chi connectivity index (χ3v) is 6.25. The van der Waals surface area contributed by atoms with Gasteiger partial charge in [0.1, 0.15) is 11.8 Å². The van der Waals surface area contributed by atoms with Crippen molar-refractivity contribution in [1.29, 1.82) is 0 Å². The third kappa shape index (κ3) is 4.26. The number of nitrogens with two attached hydrogens (primary N) is 1. The van der Waals surface area contributed by atoms with E-state index in [2.05, 4.69) is 20.8 Å². The maximum atomic E-state index is 12.7. The maximum Gasteiger partial charge on any atom is 0.348 e. The van der Waals surface area contributed by atoms with Gasteiger partial charge in [-0.1, -0.05) is 68.9 Å². The Kier molecular flexibility index (Phi) is 5.97. The molecule has 0 bridgehead atoms. The molecule has 1 fully saturated rings. The number of hydrogen-bond donors (Lipinski definition) is 1. The van der Waals surface area contributed by atoms with Crippen molar-refractivity contribution in [2.45, 2.75) is 52.7 Å². The van der Waals surface area contributed by atoms with Gasteiger partial charge in [-0.05, 0) is 30.6 Å². The van der Waals surface area contributed by atoms with E-state index in [4.69, 9.17) is 10.5 Å². The van der Waals surface area contributed by atoms with Gasteiger partial charge in [0.15, 0.2) is 6.54 Å². The van der Waals surface area contributed by atoms with Crippen LogP contribution in [-0.2, 0) is 16.1 Å². The van der Waals surface area contributed by atoms with Crippen LogP contribution < -0.4 is 10.3 Å². The van der Waals surface area contributed by atoms with Gasteiger partial charge in [0.05, 0.1) is 0 Å². The Balaban J connectivity index is 1.73. The molecule has 1 aliphatic carbocycles. The van der Waals surface area contributed by atoms with Gasteiger partial charge in [-0.2, -0.15) is 0 Å². The summed E-state index contributed by atoms with van der Waals surface area (Å²) in [5.41, 5.74) is 8.15. The van der Waals surface area contributed by atoms with Crippen molar-refractivity contribution in [3.05, 3.63) is 35.7 Å². The van der Waals surface area contributed by atoms with Crippen LogP contribution in [0, 0.1) is 17.8 Å². The van der Waals surface area contributed by atoms with Gasteiger partial charge < -0.3 is 4.74 Å². The van der Waals surface area contributed by atoms with E-state index in [1.165, 1.54) is 17.8 Å². The van der Waals surface area contributed by atoms with Crippen molar-refractivity contribution in [1.82, 2.24) is 0 Å². The minimum atomic E-state index is -0.193. The molecule has 1 aliphatic rings. The van der Waals surface area contributed by atoms with E-state index in [0.29, 0.717) is 22.9 Å². The van der Waals surface area contributed by atoms with Crippen LogP contribution in [0.5, 0.6) is 0 Å². The fourth-order valence-electron chi connectivity index (χ4n) is 3.94. The minimum Gasteiger partial charge on any atom is -0.459 e. The van der Waals surface area contributed by atoms with Crippen molar-refractivity contribution < 1.29 is 14.1 Å². The van der Waals surface area contributed by atoms with Crippen LogP contribution in [0.1, 0.15) is 40.0 Å². The number of nitrogens with zero attached hydrogens (tertiary/aromatic N) is 1. The van der Waals surface area contributed by atoms with Gasteiger partial charge in [0, 0.05) is 10.9 Å². The summed E-state index contributed by atoms with van der Waals surface area (Å²) < 4.78 is 7.80. The molecule has 0 aliphatic heterocycles. The number of thiazole rings is 1. The van der Waals surface area contributed by atoms with Gasteiger partial charge in [-0.3, -0.25) is 5.73 Å². The van der Waals surface area contributed by atoms with E-state index < -0.39 is 0 Å². The van der Waals surface area contributed by atoms with Crippen molar-refractivity contribution in [3.63, 3.8) is 0 Å². The van der Waals surface area contributed by atoms with E-state index in [0.717, 1.165) is 24.1 Å². The molecule has 3 atom stereocenters. The van der Waals surface area contributed by atoms with Crippen molar-refractivity contribution in [2.24, 2.45) is 17.8 Å². The highest BCUT2D eigenvalue weighted by Gasteiger charge is 2.34. The molecule has 0 amide bonds. The highest BCUT2D eigenvalue weighted by molar-refractivity contribution is 7.13. The van der Waals surface area contributed by atoms with Gasteiger partial charge in [0.25, 0.3) is 0 Å². The Bertz CT molecular complexity index is 742. The molecule has 26 heavy (non-hydrogen) atoms. The van der Waals surface area contributed by atoms with Gasteiger partial charge in [-0.25, -0.2) is 9.36 Å². The second-order valence-electron chi connectivity index (χ2n) is 7.77. The molecule has 1 heterocycles. The molecule has 2 N–H and O–H groups in total. The van der Waals surface area contributed by atoms with Gasteiger partial charge in [0.2, 0.25) is 0 Å². The molecule has 0 spiro atoms. The molecule has 0 radical (unpaired) electrons. The molecule has 0 saturated heterocycles. The van der Waals surface area contributed by atoms with Crippen LogP contribution in [0.25, 0.3) is 11.3 Å². The number of carbonyl (C=O) groups is 1. The van der Waals surface area contributed by atoms with Crippen LogP contribution in [0.15, 0.2) is 35.7 Å². The zero-order valence-electron chi connectivity index (χ0n) is 15.9. The fraction of sp³-hybridized carbons (Fsp3) is 0.524. The Morgan fingerprint density at radius 3 is 2.73 bits per heavy atom. The van der Waals surface area contributed by atoms with E-state index in [-0.39, 0.29) is 18.6 Å². The second kappa shape index (κ2) is 8.21. The maximum absolute atomic E-state index is 12.7. The zero-order valence-corrected chi connectivity index (χ0v) is 16.7.